The number of halogens is 1. The largest absolute Gasteiger partial charge is 0.485 e. The summed E-state index contributed by atoms with van der Waals surface area (Å²) in [6, 6.07) is 5.40. The maximum absolute atomic E-state index is 8.70. The van der Waals surface area contributed by atoms with Gasteiger partial charge in [-0.05, 0) is 28.1 Å². The third kappa shape index (κ3) is 2.12. The van der Waals surface area contributed by atoms with Crippen LogP contribution < -0.4 is 10.5 Å². The van der Waals surface area contributed by atoms with Crippen LogP contribution in [-0.2, 0) is 4.74 Å². The number of oxime groups is 1. The van der Waals surface area contributed by atoms with Gasteiger partial charge in [-0.2, -0.15) is 0 Å². The summed E-state index contributed by atoms with van der Waals surface area (Å²) in [5, 5.41) is 11.7. The first-order valence-electron chi connectivity index (χ1n) is 4.73. The Morgan fingerprint density at radius 2 is 2.31 bits per heavy atom. The molecule has 6 heteroatoms. The van der Waals surface area contributed by atoms with Crippen molar-refractivity contribution in [2.24, 2.45) is 10.9 Å². The van der Waals surface area contributed by atoms with Gasteiger partial charge in [0.15, 0.2) is 5.84 Å². The zero-order chi connectivity index (χ0) is 11.5. The number of ether oxygens (including phenoxy) is 2. The van der Waals surface area contributed by atoms with Gasteiger partial charge in [0.1, 0.15) is 11.9 Å². The summed E-state index contributed by atoms with van der Waals surface area (Å²) in [6.45, 7) is 1.14. The molecule has 0 radical (unpaired) electrons. The van der Waals surface area contributed by atoms with Gasteiger partial charge in [-0.1, -0.05) is 11.2 Å². The SMILES string of the molecule is N/C(=N/O)c1c(Br)cccc1OC1COC1. The summed E-state index contributed by atoms with van der Waals surface area (Å²) in [6.07, 6.45) is 0.0412. The van der Waals surface area contributed by atoms with Crippen molar-refractivity contribution in [2.45, 2.75) is 6.10 Å². The zero-order valence-electron chi connectivity index (χ0n) is 8.39. The number of nitrogens with two attached hydrogens (primary N) is 1. The van der Waals surface area contributed by atoms with Gasteiger partial charge in [0.25, 0.3) is 0 Å². The van der Waals surface area contributed by atoms with E-state index in [2.05, 4.69) is 21.1 Å². The summed E-state index contributed by atoms with van der Waals surface area (Å²) < 4.78 is 11.4. The van der Waals surface area contributed by atoms with Crippen molar-refractivity contribution in [1.82, 2.24) is 0 Å². The average molecular weight is 287 g/mol. The van der Waals surface area contributed by atoms with Crippen LogP contribution in [0.3, 0.4) is 0 Å². The van der Waals surface area contributed by atoms with Crippen LogP contribution in [0.25, 0.3) is 0 Å². The van der Waals surface area contributed by atoms with Crippen LogP contribution in [0.4, 0.5) is 0 Å². The van der Waals surface area contributed by atoms with Crippen LogP contribution >= 0.6 is 15.9 Å². The molecule has 0 unspecified atom stereocenters. The van der Waals surface area contributed by atoms with Crippen molar-refractivity contribution >= 4 is 21.8 Å². The third-order valence-electron chi connectivity index (χ3n) is 2.24. The van der Waals surface area contributed by atoms with Gasteiger partial charge >= 0.3 is 0 Å². The molecule has 1 aliphatic rings. The predicted molar refractivity (Wildman–Crippen MR) is 61.9 cm³/mol. The normalized spacial score (nSPS) is 16.9. The maximum atomic E-state index is 8.70. The van der Waals surface area contributed by atoms with E-state index in [1.54, 1.807) is 12.1 Å². The number of hydrogen-bond acceptors (Lipinski definition) is 4. The first kappa shape index (κ1) is 11.2. The fraction of sp³-hybridized carbons (Fsp3) is 0.300. The van der Waals surface area contributed by atoms with Crippen LogP contribution in [0.15, 0.2) is 27.8 Å². The number of amidine groups is 1. The van der Waals surface area contributed by atoms with E-state index in [4.69, 9.17) is 20.4 Å². The van der Waals surface area contributed by atoms with Crippen LogP contribution in [0.5, 0.6) is 5.75 Å². The second-order valence-electron chi connectivity index (χ2n) is 3.38. The van der Waals surface area contributed by atoms with Crippen LogP contribution in [-0.4, -0.2) is 30.4 Å². The van der Waals surface area contributed by atoms with E-state index >= 15 is 0 Å². The Morgan fingerprint density at radius 3 is 2.88 bits per heavy atom. The molecule has 2 rings (SSSR count). The van der Waals surface area contributed by atoms with Crippen molar-refractivity contribution < 1.29 is 14.7 Å². The predicted octanol–water partition coefficient (Wildman–Crippen LogP) is 1.32. The van der Waals surface area contributed by atoms with Gasteiger partial charge in [0.05, 0.1) is 18.8 Å². The Labute approximate surface area is 101 Å². The van der Waals surface area contributed by atoms with Crippen molar-refractivity contribution in [2.75, 3.05) is 13.2 Å². The molecule has 1 fully saturated rings. The van der Waals surface area contributed by atoms with Gasteiger partial charge < -0.3 is 20.4 Å². The lowest BCUT2D eigenvalue weighted by Gasteiger charge is -2.27. The highest BCUT2D eigenvalue weighted by Gasteiger charge is 2.22. The van der Waals surface area contributed by atoms with Crippen LogP contribution in [0, 0.1) is 0 Å². The number of rotatable bonds is 3. The smallest absolute Gasteiger partial charge is 0.174 e. The molecule has 0 aliphatic carbocycles. The van der Waals surface area contributed by atoms with Crippen LogP contribution in [0.1, 0.15) is 5.56 Å². The second kappa shape index (κ2) is 4.71. The Bertz CT molecular complexity index is 419. The molecule has 0 amide bonds. The van der Waals surface area contributed by atoms with E-state index in [0.717, 1.165) is 4.47 Å². The number of benzene rings is 1. The molecule has 86 valence electrons. The molecule has 0 saturated carbocycles. The van der Waals surface area contributed by atoms with Crippen molar-refractivity contribution in [3.63, 3.8) is 0 Å². The summed E-state index contributed by atoms with van der Waals surface area (Å²) in [5.74, 6) is 0.598. The van der Waals surface area contributed by atoms with Crippen LogP contribution in [0.2, 0.25) is 0 Å². The molecule has 16 heavy (non-hydrogen) atoms. The second-order valence-corrected chi connectivity index (χ2v) is 4.23. The highest BCUT2D eigenvalue weighted by Crippen LogP contribution is 2.28. The summed E-state index contributed by atoms with van der Waals surface area (Å²) in [7, 11) is 0. The van der Waals surface area contributed by atoms with E-state index < -0.39 is 0 Å². The maximum Gasteiger partial charge on any atom is 0.174 e. The Hall–Kier alpha value is -1.27. The third-order valence-corrected chi connectivity index (χ3v) is 2.90. The van der Waals surface area contributed by atoms with Crippen molar-refractivity contribution in [1.29, 1.82) is 0 Å². The lowest BCUT2D eigenvalue weighted by atomic mass is 10.2. The van der Waals surface area contributed by atoms with E-state index in [1.807, 2.05) is 6.07 Å². The summed E-state index contributed by atoms with van der Waals surface area (Å²) >= 11 is 3.34. The van der Waals surface area contributed by atoms with Crippen molar-refractivity contribution in [3.8, 4) is 5.75 Å². The highest BCUT2D eigenvalue weighted by atomic mass is 79.9. The topological polar surface area (TPSA) is 77.1 Å². The van der Waals surface area contributed by atoms with Gasteiger partial charge in [0, 0.05) is 4.47 Å². The Morgan fingerprint density at radius 1 is 1.56 bits per heavy atom. The van der Waals surface area contributed by atoms with Gasteiger partial charge in [0.2, 0.25) is 0 Å². The quantitative estimate of drug-likeness (QED) is 0.380. The molecule has 1 aliphatic heterocycles. The molecule has 1 aromatic carbocycles. The van der Waals surface area contributed by atoms with Gasteiger partial charge in [-0.25, -0.2) is 0 Å². The number of hydrogen-bond donors (Lipinski definition) is 2. The van der Waals surface area contributed by atoms with Gasteiger partial charge in [-0.3, -0.25) is 0 Å². The van der Waals surface area contributed by atoms with E-state index in [0.29, 0.717) is 24.5 Å². The lowest BCUT2D eigenvalue weighted by Crippen LogP contribution is -2.39. The molecular formula is C10H11BrN2O3. The van der Waals surface area contributed by atoms with Gasteiger partial charge in [-0.15, -0.1) is 0 Å². The van der Waals surface area contributed by atoms with Crippen molar-refractivity contribution in [3.05, 3.63) is 28.2 Å². The molecule has 5 nitrogen and oxygen atoms in total. The van der Waals surface area contributed by atoms with E-state index in [-0.39, 0.29) is 11.9 Å². The molecule has 3 N–H and O–H groups in total. The minimum Gasteiger partial charge on any atom is -0.485 e. The summed E-state index contributed by atoms with van der Waals surface area (Å²) in [4.78, 5) is 0. The fourth-order valence-electron chi connectivity index (χ4n) is 1.36. The zero-order valence-corrected chi connectivity index (χ0v) is 9.98. The molecule has 1 heterocycles. The molecule has 0 spiro atoms. The molecule has 0 atom stereocenters. The summed E-state index contributed by atoms with van der Waals surface area (Å²) in [5.41, 5.74) is 6.14. The molecule has 1 saturated heterocycles. The van der Waals surface area contributed by atoms with E-state index in [9.17, 15) is 0 Å². The minimum absolute atomic E-state index is 0.0164. The van der Waals surface area contributed by atoms with E-state index in [1.165, 1.54) is 0 Å². The Kier molecular flexibility index (Phi) is 3.31. The Balaban J connectivity index is 2.31. The number of nitrogens with zero attached hydrogens (tertiary/aromatic N) is 1. The molecular weight excluding hydrogens is 276 g/mol. The standard InChI is InChI=1S/C10H11BrN2O3/c11-7-2-1-3-8(9(7)10(12)13-14)16-6-4-15-5-6/h1-3,6,14H,4-5H2,(H2,12,13). The highest BCUT2D eigenvalue weighted by molar-refractivity contribution is 9.10. The minimum atomic E-state index is 0.0164. The fourth-order valence-corrected chi connectivity index (χ4v) is 1.91. The average Bonchev–Trinajstić information content (AvgIpc) is 2.22. The first-order chi connectivity index (χ1) is 7.72. The molecule has 1 aromatic rings. The molecule has 0 aromatic heterocycles. The monoisotopic (exact) mass is 286 g/mol. The molecule has 0 bridgehead atoms. The first-order valence-corrected chi connectivity index (χ1v) is 5.52. The lowest BCUT2D eigenvalue weighted by molar-refractivity contribution is -0.0797.